The third-order valence-corrected chi connectivity index (χ3v) is 8.25. The minimum absolute atomic E-state index is 0.0328. The van der Waals surface area contributed by atoms with Gasteiger partial charge in [-0.15, -0.1) is 0 Å². The lowest BCUT2D eigenvalue weighted by Crippen LogP contribution is -2.38. The number of hydrogen-bond acceptors (Lipinski definition) is 10. The van der Waals surface area contributed by atoms with Crippen LogP contribution in [0.15, 0.2) is 41.3 Å². The van der Waals surface area contributed by atoms with Crippen LogP contribution in [0.3, 0.4) is 0 Å². The smallest absolute Gasteiger partial charge is 0.285 e. The number of rotatable bonds is 7. The van der Waals surface area contributed by atoms with Crippen molar-refractivity contribution < 1.29 is 13.2 Å². The van der Waals surface area contributed by atoms with E-state index in [1.54, 1.807) is 23.9 Å². The second kappa shape index (κ2) is 11.9. The zero-order chi connectivity index (χ0) is 31.1. The number of aryl methyl sites for hydroxylation is 2. The fourth-order valence-electron chi connectivity index (χ4n) is 5.41. The normalized spacial score (nSPS) is 15.0. The van der Waals surface area contributed by atoms with Crippen LogP contribution in [0.4, 0.5) is 11.6 Å². The molecule has 43 heavy (non-hydrogen) atoms. The predicted molar refractivity (Wildman–Crippen MR) is 166 cm³/mol. The number of pyridine rings is 1. The molecular weight excluding hydrogens is 592 g/mol. The molecule has 3 aromatic heterocycles. The Labute approximate surface area is 254 Å². The molecule has 1 amide bonds. The van der Waals surface area contributed by atoms with Gasteiger partial charge in [0, 0.05) is 43.5 Å². The Morgan fingerprint density at radius 1 is 1.09 bits per heavy atom. The van der Waals surface area contributed by atoms with E-state index in [-0.39, 0.29) is 28.0 Å². The summed E-state index contributed by atoms with van der Waals surface area (Å²) in [6.07, 6.45) is 4.33. The molecule has 4 aromatic rings. The third kappa shape index (κ3) is 6.62. The van der Waals surface area contributed by atoms with Crippen LogP contribution >= 0.6 is 11.6 Å². The van der Waals surface area contributed by atoms with E-state index in [9.17, 15) is 18.0 Å². The predicted octanol–water partition coefficient (Wildman–Crippen LogP) is 3.64. The number of carbonyl (C=O) groups excluding carboxylic acids is 1. The molecule has 0 spiro atoms. The van der Waals surface area contributed by atoms with Gasteiger partial charge in [0.1, 0.15) is 11.0 Å². The topological polar surface area (TPSA) is 152 Å². The number of halogens is 1. The standard InChI is InChI=1S/C29H33ClN8O4S/c1-16-14-20(18(3)33-22-6-7-23(30)34-25(22)27(39)36-43(5,41)42)24-21(15-16)28(40)37(4)29(35-24)38-12-9-19(10-13-38)26-31-11-8-17(2)32-26/h6-8,11,14-15,18-19,33H,9-10,12-13H2,1-5H3,(H,36,39)/t18-/m1/s1. The maximum Gasteiger partial charge on any atom is 0.285 e. The number of sulfonamides is 1. The molecule has 5 rings (SSSR count). The molecule has 4 heterocycles. The third-order valence-electron chi connectivity index (χ3n) is 7.48. The molecule has 1 atom stereocenters. The summed E-state index contributed by atoms with van der Waals surface area (Å²) in [6, 6.07) is 8.25. The molecule has 1 aromatic carbocycles. The van der Waals surface area contributed by atoms with Crippen LogP contribution in [0, 0.1) is 13.8 Å². The van der Waals surface area contributed by atoms with Crippen molar-refractivity contribution in [1.82, 2.24) is 29.2 Å². The van der Waals surface area contributed by atoms with Gasteiger partial charge in [-0.3, -0.25) is 14.2 Å². The summed E-state index contributed by atoms with van der Waals surface area (Å²) < 4.78 is 26.9. The van der Waals surface area contributed by atoms with Crippen molar-refractivity contribution in [3.05, 3.63) is 80.4 Å². The fraction of sp³-hybridized carbons (Fsp3) is 0.379. The Morgan fingerprint density at radius 3 is 2.49 bits per heavy atom. The molecule has 12 nitrogen and oxygen atoms in total. The number of amides is 1. The summed E-state index contributed by atoms with van der Waals surface area (Å²) in [4.78, 5) is 46.6. The van der Waals surface area contributed by atoms with Crippen LogP contribution in [0.5, 0.6) is 0 Å². The number of benzene rings is 1. The van der Waals surface area contributed by atoms with Crippen LogP contribution in [0.2, 0.25) is 5.15 Å². The number of nitrogens with zero attached hydrogens (tertiary/aromatic N) is 6. The van der Waals surface area contributed by atoms with Crippen LogP contribution in [0.1, 0.15) is 64.9 Å². The maximum atomic E-state index is 13.6. The minimum atomic E-state index is -3.83. The molecule has 226 valence electrons. The fourth-order valence-corrected chi connectivity index (χ4v) is 5.99. The largest absolute Gasteiger partial charge is 0.377 e. The lowest BCUT2D eigenvalue weighted by Gasteiger charge is -2.33. The Balaban J connectivity index is 1.48. The lowest BCUT2D eigenvalue weighted by molar-refractivity contribution is 0.0977. The average molecular weight is 625 g/mol. The Hall–Kier alpha value is -4.10. The molecule has 0 unspecified atom stereocenters. The highest BCUT2D eigenvalue weighted by molar-refractivity contribution is 7.89. The first-order valence-corrected chi connectivity index (χ1v) is 16.1. The number of fused-ring (bicyclic) bond motifs is 1. The van der Waals surface area contributed by atoms with Crippen LogP contribution in [-0.4, -0.2) is 58.2 Å². The highest BCUT2D eigenvalue weighted by atomic mass is 35.5. The van der Waals surface area contributed by atoms with Gasteiger partial charge in [0.05, 0.1) is 28.9 Å². The zero-order valence-corrected chi connectivity index (χ0v) is 26.1. The molecule has 0 bridgehead atoms. The molecule has 1 aliphatic heterocycles. The van der Waals surface area contributed by atoms with Gasteiger partial charge in [-0.1, -0.05) is 17.7 Å². The van der Waals surface area contributed by atoms with Crippen LogP contribution in [0.25, 0.3) is 10.9 Å². The minimum Gasteiger partial charge on any atom is -0.377 e. The van der Waals surface area contributed by atoms with Crippen molar-refractivity contribution in [3.63, 3.8) is 0 Å². The van der Waals surface area contributed by atoms with E-state index < -0.39 is 22.0 Å². The molecule has 2 N–H and O–H groups in total. The van der Waals surface area contributed by atoms with Gasteiger partial charge in [0.25, 0.3) is 11.5 Å². The molecule has 1 aliphatic rings. The highest BCUT2D eigenvalue weighted by Gasteiger charge is 2.27. The van der Waals surface area contributed by atoms with Crippen molar-refractivity contribution in [2.24, 2.45) is 7.05 Å². The van der Waals surface area contributed by atoms with Gasteiger partial charge in [0.2, 0.25) is 16.0 Å². The van der Waals surface area contributed by atoms with Crippen molar-refractivity contribution in [3.8, 4) is 0 Å². The quantitative estimate of drug-likeness (QED) is 0.292. The number of hydrogen-bond donors (Lipinski definition) is 2. The number of carbonyl (C=O) groups is 1. The van der Waals surface area contributed by atoms with Crippen molar-refractivity contribution >= 4 is 50.1 Å². The van der Waals surface area contributed by atoms with E-state index in [0.29, 0.717) is 29.9 Å². The van der Waals surface area contributed by atoms with E-state index in [0.717, 1.165) is 41.7 Å². The molecule has 1 fully saturated rings. The molecule has 1 saturated heterocycles. The summed E-state index contributed by atoms with van der Waals surface area (Å²) in [5.74, 6) is 0.736. The molecular formula is C29H33ClN8O4S. The van der Waals surface area contributed by atoms with Gasteiger partial charge in [-0.05, 0) is 63.4 Å². The number of anilines is 2. The molecule has 0 saturated carbocycles. The number of aromatic nitrogens is 5. The average Bonchev–Trinajstić information content (AvgIpc) is 2.95. The van der Waals surface area contributed by atoms with E-state index in [2.05, 4.69) is 25.2 Å². The second-order valence-electron chi connectivity index (χ2n) is 10.9. The Morgan fingerprint density at radius 2 is 1.81 bits per heavy atom. The first-order valence-electron chi connectivity index (χ1n) is 13.8. The first kappa shape index (κ1) is 30.4. The van der Waals surface area contributed by atoms with Crippen LogP contribution in [-0.2, 0) is 17.1 Å². The summed E-state index contributed by atoms with van der Waals surface area (Å²) in [6.45, 7) is 7.11. The highest BCUT2D eigenvalue weighted by Crippen LogP contribution is 2.31. The summed E-state index contributed by atoms with van der Waals surface area (Å²) in [5, 5.41) is 3.76. The number of nitrogens with one attached hydrogen (secondary N) is 2. The van der Waals surface area contributed by atoms with Crippen molar-refractivity contribution in [2.45, 2.75) is 45.6 Å². The van der Waals surface area contributed by atoms with Crippen molar-refractivity contribution in [2.75, 3.05) is 29.6 Å². The summed E-state index contributed by atoms with van der Waals surface area (Å²) in [5.41, 5.74) is 3.02. The Bertz CT molecular complexity index is 1890. The van der Waals surface area contributed by atoms with E-state index in [1.807, 2.05) is 43.7 Å². The second-order valence-corrected chi connectivity index (χ2v) is 13.1. The van der Waals surface area contributed by atoms with Crippen LogP contribution < -0.4 is 20.5 Å². The van der Waals surface area contributed by atoms with Gasteiger partial charge in [0.15, 0.2) is 5.69 Å². The van der Waals surface area contributed by atoms with E-state index >= 15 is 0 Å². The van der Waals surface area contributed by atoms with Gasteiger partial charge >= 0.3 is 0 Å². The zero-order valence-electron chi connectivity index (χ0n) is 24.5. The SMILES string of the molecule is Cc1cc([C@@H](C)Nc2ccc(Cl)nc2C(=O)NS(C)(=O)=O)c2nc(N3CCC(c4nccc(C)n4)CC3)n(C)c(=O)c2c1. The number of piperidine rings is 1. The van der Waals surface area contributed by atoms with Gasteiger partial charge in [-0.2, -0.15) is 0 Å². The molecule has 14 heteroatoms. The monoisotopic (exact) mass is 624 g/mol. The first-order chi connectivity index (χ1) is 20.3. The van der Waals surface area contributed by atoms with Gasteiger partial charge < -0.3 is 10.2 Å². The van der Waals surface area contributed by atoms with E-state index in [4.69, 9.17) is 16.6 Å². The summed E-state index contributed by atoms with van der Waals surface area (Å²) in [7, 11) is -2.10. The maximum absolute atomic E-state index is 13.6. The van der Waals surface area contributed by atoms with E-state index in [1.165, 1.54) is 6.07 Å². The lowest BCUT2D eigenvalue weighted by atomic mass is 9.96. The van der Waals surface area contributed by atoms with Crippen molar-refractivity contribution in [1.29, 1.82) is 0 Å². The summed E-state index contributed by atoms with van der Waals surface area (Å²) >= 11 is 6.03. The molecule has 0 aliphatic carbocycles. The Kier molecular flexibility index (Phi) is 8.39. The molecule has 0 radical (unpaired) electrons. The van der Waals surface area contributed by atoms with Gasteiger partial charge in [-0.25, -0.2) is 33.1 Å².